The quantitative estimate of drug-likeness (QED) is 0.168. The lowest BCUT2D eigenvalue weighted by Gasteiger charge is -2.18. The monoisotopic (exact) mass is 639 g/mol. The number of rotatable bonds is 4. The second-order valence-electron chi connectivity index (χ2n) is 12.8. The minimum Gasteiger partial charge on any atom is -0.135 e. The Bertz CT molecular complexity index is 2880. The van der Waals surface area contributed by atoms with Crippen LogP contribution in [-0.4, -0.2) is 0 Å². The lowest BCUT2D eigenvalue weighted by molar-refractivity contribution is 1.64. The third kappa shape index (κ3) is 4.58. The van der Waals surface area contributed by atoms with Crippen LogP contribution in [0.4, 0.5) is 0 Å². The van der Waals surface area contributed by atoms with E-state index in [0.29, 0.717) is 6.04 Å². The zero-order valence-corrected chi connectivity index (χ0v) is 27.5. The van der Waals surface area contributed by atoms with E-state index in [2.05, 4.69) is 164 Å². The highest BCUT2D eigenvalue weighted by molar-refractivity contribution is 7.26. The molecule has 0 atom stereocenters. The Morgan fingerprint density at radius 3 is 1.73 bits per heavy atom. The third-order valence-corrected chi connectivity index (χ3v) is 11.1. The molecule has 0 fully saturated rings. The molecule has 0 N–H and O–H groups in total. The zero-order valence-electron chi connectivity index (χ0n) is 27.7. The summed E-state index contributed by atoms with van der Waals surface area (Å²) in [7, 11) is 0. The molecule has 49 heavy (non-hydrogen) atoms. The van der Waals surface area contributed by atoms with E-state index in [-0.39, 0.29) is 0 Å². The molecule has 0 unspecified atom stereocenters. The average Bonchev–Trinajstić information content (AvgIpc) is 3.55. The molecule has 10 rings (SSSR count). The van der Waals surface area contributed by atoms with Crippen molar-refractivity contribution in [3.8, 4) is 44.5 Å². The highest BCUT2D eigenvalue weighted by Gasteiger charge is 2.18. The molecular weight excluding hydrogens is 609 g/mol. The van der Waals surface area contributed by atoms with Crippen molar-refractivity contribution in [3.63, 3.8) is 0 Å². The highest BCUT2D eigenvalue weighted by Crippen LogP contribution is 2.46. The van der Waals surface area contributed by atoms with Crippen molar-refractivity contribution in [2.45, 2.75) is 0 Å². The zero-order chi connectivity index (χ0) is 33.2. The van der Waals surface area contributed by atoms with Gasteiger partial charge in [0.05, 0.1) is 1.37 Å². The van der Waals surface area contributed by atoms with Gasteiger partial charge in [0.15, 0.2) is 0 Å². The summed E-state index contributed by atoms with van der Waals surface area (Å²) in [4.78, 5) is 0. The summed E-state index contributed by atoms with van der Waals surface area (Å²) in [6.45, 7) is 0. The van der Waals surface area contributed by atoms with Crippen molar-refractivity contribution in [2.24, 2.45) is 0 Å². The fourth-order valence-corrected chi connectivity index (χ4v) is 8.92. The molecule has 0 nitrogen and oxygen atoms in total. The normalized spacial score (nSPS) is 12.0. The predicted molar refractivity (Wildman–Crippen MR) is 214 cm³/mol. The van der Waals surface area contributed by atoms with Gasteiger partial charge in [-0.25, -0.2) is 0 Å². The van der Waals surface area contributed by atoms with E-state index in [0.717, 1.165) is 10.8 Å². The fraction of sp³-hybridized carbons (Fsp3) is 0. The Labute approximate surface area is 290 Å². The van der Waals surface area contributed by atoms with E-state index in [9.17, 15) is 0 Å². The molecule has 0 aliphatic rings. The maximum atomic E-state index is 8.09. The average molecular weight is 640 g/mol. The van der Waals surface area contributed by atoms with Gasteiger partial charge in [0, 0.05) is 20.2 Å². The first-order chi connectivity index (χ1) is 24.7. The Hall–Kier alpha value is -6.02. The molecule has 0 bridgehead atoms. The first-order valence-electron chi connectivity index (χ1n) is 17.3. The van der Waals surface area contributed by atoms with Crippen molar-refractivity contribution in [1.29, 1.82) is 0 Å². The molecule has 0 saturated heterocycles. The number of thiophene rings is 1. The largest absolute Gasteiger partial charge is 0.135 e. The minimum atomic E-state index is 0.536. The van der Waals surface area contributed by atoms with Crippen LogP contribution in [0.1, 0.15) is 1.37 Å². The van der Waals surface area contributed by atoms with Crippen LogP contribution in [0.25, 0.3) is 97.0 Å². The van der Waals surface area contributed by atoms with Crippen LogP contribution in [0, 0.1) is 0 Å². The van der Waals surface area contributed by atoms with Crippen LogP contribution in [0.5, 0.6) is 0 Å². The molecule has 0 spiro atoms. The third-order valence-electron chi connectivity index (χ3n) is 9.97. The molecule has 10 aromatic rings. The second-order valence-corrected chi connectivity index (χ2v) is 13.9. The molecule has 1 aromatic heterocycles. The topological polar surface area (TPSA) is 0 Å². The minimum absolute atomic E-state index is 0.536. The van der Waals surface area contributed by atoms with Crippen molar-refractivity contribution in [1.82, 2.24) is 0 Å². The number of fused-ring (bicyclic) bond motifs is 6. The number of hydrogen-bond donors (Lipinski definition) is 0. The van der Waals surface area contributed by atoms with Gasteiger partial charge in [0.1, 0.15) is 0 Å². The van der Waals surface area contributed by atoms with Gasteiger partial charge in [-0.3, -0.25) is 0 Å². The van der Waals surface area contributed by atoms with E-state index in [1.54, 1.807) is 0 Å². The number of benzene rings is 9. The highest BCUT2D eigenvalue weighted by atomic mass is 32.1. The van der Waals surface area contributed by atoms with E-state index in [1.165, 1.54) is 86.2 Å². The lowest BCUT2D eigenvalue weighted by Crippen LogP contribution is -1.91. The Balaban J connectivity index is 1.17. The van der Waals surface area contributed by atoms with Crippen LogP contribution in [-0.2, 0) is 0 Å². The molecule has 0 saturated carbocycles. The predicted octanol–water partition coefficient (Wildman–Crippen LogP) is 14.2. The first kappa shape index (κ1) is 27.0. The molecule has 0 aliphatic carbocycles. The summed E-state index contributed by atoms with van der Waals surface area (Å²) in [6.07, 6.45) is 0. The van der Waals surface area contributed by atoms with Gasteiger partial charge in [-0.15, -0.1) is 11.3 Å². The van der Waals surface area contributed by atoms with E-state index in [4.69, 9.17) is 1.37 Å². The van der Waals surface area contributed by atoms with Crippen molar-refractivity contribution < 1.29 is 1.37 Å². The maximum absolute atomic E-state index is 8.09. The fourth-order valence-electron chi connectivity index (χ4n) is 7.75. The van der Waals surface area contributed by atoms with Gasteiger partial charge in [-0.05, 0) is 101 Å². The number of hydrogen-bond acceptors (Lipinski definition) is 1. The van der Waals surface area contributed by atoms with Gasteiger partial charge in [0.25, 0.3) is 0 Å². The van der Waals surface area contributed by atoms with Gasteiger partial charge in [0.2, 0.25) is 0 Å². The molecule has 0 amide bonds. The summed E-state index contributed by atoms with van der Waals surface area (Å²) < 4.78 is 10.7. The maximum Gasteiger partial charge on any atom is 0.0623 e. The van der Waals surface area contributed by atoms with Gasteiger partial charge in [-0.1, -0.05) is 158 Å². The van der Waals surface area contributed by atoms with E-state index < -0.39 is 0 Å². The first-order valence-corrected chi connectivity index (χ1v) is 17.6. The molecule has 1 heterocycles. The van der Waals surface area contributed by atoms with E-state index >= 15 is 0 Å². The molecule has 228 valence electrons. The summed E-state index contributed by atoms with van der Waals surface area (Å²) in [5, 5.41) is 9.83. The SMILES string of the molecule is [2H]c1ccc2cc(-c3c4ccccc4c(-c4cccc(-c5cccc6sc7cc(-c8ccccc8)ccc7c56)c4)c4ccccc34)ccc2c1. The Morgan fingerprint density at radius 2 is 0.980 bits per heavy atom. The van der Waals surface area contributed by atoms with Crippen LogP contribution >= 0.6 is 11.3 Å². The standard InChI is InChI=1S/C48H30S/c1-2-12-31(13-3-1)34-26-27-43-45(30-34)49-44-23-11-22-38(48(43)44)35-16-10-17-36(29-35)46-39-18-6-8-20-41(39)47(42-21-9-7-19-40(42)46)37-25-24-32-14-4-5-15-33(32)28-37/h1-30H/i4D. The molecule has 9 aromatic carbocycles. The van der Waals surface area contributed by atoms with Gasteiger partial charge < -0.3 is 0 Å². The van der Waals surface area contributed by atoms with Crippen LogP contribution < -0.4 is 0 Å². The molecular formula is C48H30S. The molecule has 1 heteroatoms. The van der Waals surface area contributed by atoms with Crippen molar-refractivity contribution in [2.75, 3.05) is 0 Å². The van der Waals surface area contributed by atoms with Crippen molar-refractivity contribution in [3.05, 3.63) is 182 Å². The van der Waals surface area contributed by atoms with Crippen LogP contribution in [0.15, 0.2) is 182 Å². The molecule has 0 aliphatic heterocycles. The van der Waals surface area contributed by atoms with Gasteiger partial charge in [-0.2, -0.15) is 0 Å². The Kier molecular flexibility index (Phi) is 6.22. The Morgan fingerprint density at radius 1 is 0.347 bits per heavy atom. The van der Waals surface area contributed by atoms with Crippen LogP contribution in [0.2, 0.25) is 0 Å². The van der Waals surface area contributed by atoms with E-state index in [1.807, 2.05) is 23.5 Å². The summed E-state index contributed by atoms with van der Waals surface area (Å²) >= 11 is 1.88. The summed E-state index contributed by atoms with van der Waals surface area (Å²) in [5.74, 6) is 0. The van der Waals surface area contributed by atoms with Crippen LogP contribution in [0.3, 0.4) is 0 Å². The summed E-state index contributed by atoms with van der Waals surface area (Å²) in [6, 6.07) is 64.2. The second kappa shape index (κ2) is 11.3. The lowest BCUT2D eigenvalue weighted by atomic mass is 9.85. The summed E-state index contributed by atoms with van der Waals surface area (Å²) in [5.41, 5.74) is 9.89. The molecule has 0 radical (unpaired) electrons. The van der Waals surface area contributed by atoms with Gasteiger partial charge >= 0.3 is 0 Å². The smallest absolute Gasteiger partial charge is 0.0623 e. The van der Waals surface area contributed by atoms with Crippen molar-refractivity contribution >= 4 is 63.8 Å².